The minimum Gasteiger partial charge on any atom is -0.495 e. The first-order chi connectivity index (χ1) is 13.6. The van der Waals surface area contributed by atoms with Crippen LogP contribution in [-0.4, -0.2) is 48.3 Å². The fraction of sp³-hybridized carbons (Fsp3) is 0.409. The van der Waals surface area contributed by atoms with Gasteiger partial charge in [-0.05, 0) is 63.1 Å². The molecule has 2 unspecified atom stereocenters. The lowest BCUT2D eigenvalue weighted by Crippen LogP contribution is -2.48. The average molecular weight is 397 g/mol. The molecule has 2 aromatic rings. The van der Waals surface area contributed by atoms with Gasteiger partial charge in [-0.15, -0.1) is 0 Å². The maximum Gasteiger partial charge on any atom is 0.335 e. The molecule has 28 heavy (non-hydrogen) atoms. The standard InChI is InChI=1S/C22H24N2O3S/c1-23-14-7-8-15(23)12-16(11-14)24-17-9-6-13(22(25)26)10-20(17)28-21-18(24)4-3-5-19(21)27-2/h3-6,9-10,14-16H,7-8,11-12H2,1-2H3,(H,25,26). The molecule has 0 aliphatic carbocycles. The van der Waals surface area contributed by atoms with Crippen LogP contribution in [0.4, 0.5) is 11.4 Å². The Kier molecular flexibility index (Phi) is 4.29. The number of anilines is 2. The van der Waals surface area contributed by atoms with E-state index in [1.807, 2.05) is 18.2 Å². The van der Waals surface area contributed by atoms with Crippen LogP contribution in [-0.2, 0) is 0 Å². The van der Waals surface area contributed by atoms with E-state index in [4.69, 9.17) is 4.74 Å². The third kappa shape index (κ3) is 2.70. The molecule has 3 aliphatic rings. The van der Waals surface area contributed by atoms with E-state index >= 15 is 0 Å². The summed E-state index contributed by atoms with van der Waals surface area (Å²) in [6.45, 7) is 0. The molecule has 0 spiro atoms. The van der Waals surface area contributed by atoms with Crippen molar-refractivity contribution in [2.45, 2.75) is 53.6 Å². The Hall–Kier alpha value is -2.18. The van der Waals surface area contributed by atoms with Crippen molar-refractivity contribution >= 4 is 29.1 Å². The van der Waals surface area contributed by atoms with Gasteiger partial charge in [0, 0.05) is 23.0 Å². The molecular formula is C22H24N2O3S. The van der Waals surface area contributed by atoms with Crippen molar-refractivity contribution in [1.29, 1.82) is 0 Å². The van der Waals surface area contributed by atoms with E-state index in [9.17, 15) is 9.90 Å². The summed E-state index contributed by atoms with van der Waals surface area (Å²) in [7, 11) is 3.95. The summed E-state index contributed by atoms with van der Waals surface area (Å²) >= 11 is 1.61. The summed E-state index contributed by atoms with van der Waals surface area (Å²) in [5.41, 5.74) is 2.62. The van der Waals surface area contributed by atoms with E-state index in [0.717, 1.165) is 34.1 Å². The summed E-state index contributed by atoms with van der Waals surface area (Å²) < 4.78 is 5.64. The second kappa shape index (κ2) is 6.71. The zero-order valence-electron chi connectivity index (χ0n) is 16.1. The second-order valence-electron chi connectivity index (χ2n) is 7.94. The fourth-order valence-corrected chi connectivity index (χ4v) is 6.31. The van der Waals surface area contributed by atoms with Crippen LogP contribution < -0.4 is 9.64 Å². The zero-order chi connectivity index (χ0) is 19.4. The Morgan fingerprint density at radius 3 is 2.54 bits per heavy atom. The lowest BCUT2D eigenvalue weighted by molar-refractivity contribution is 0.0696. The summed E-state index contributed by atoms with van der Waals surface area (Å²) in [5, 5.41) is 9.45. The average Bonchev–Trinajstić information content (AvgIpc) is 2.91. The summed E-state index contributed by atoms with van der Waals surface area (Å²) in [4.78, 5) is 18.6. The lowest BCUT2D eigenvalue weighted by atomic mass is 9.95. The van der Waals surface area contributed by atoms with Crippen LogP contribution in [0.15, 0.2) is 46.2 Å². The second-order valence-corrected chi connectivity index (χ2v) is 9.00. The molecule has 2 saturated heterocycles. The number of aromatic carboxylic acids is 1. The molecule has 0 amide bonds. The Morgan fingerprint density at radius 2 is 1.86 bits per heavy atom. The molecule has 6 heteroatoms. The molecule has 0 radical (unpaired) electrons. The highest BCUT2D eigenvalue weighted by atomic mass is 32.2. The van der Waals surface area contributed by atoms with Crippen molar-refractivity contribution in [2.75, 3.05) is 19.1 Å². The van der Waals surface area contributed by atoms with Crippen LogP contribution in [0, 0.1) is 0 Å². The van der Waals surface area contributed by atoms with Gasteiger partial charge < -0.3 is 19.6 Å². The van der Waals surface area contributed by atoms with Crippen LogP contribution in [0.25, 0.3) is 0 Å². The molecule has 0 aromatic heterocycles. The van der Waals surface area contributed by atoms with Crippen molar-refractivity contribution in [3.8, 4) is 5.75 Å². The van der Waals surface area contributed by atoms with E-state index in [1.54, 1.807) is 31.0 Å². The van der Waals surface area contributed by atoms with Crippen molar-refractivity contribution in [3.63, 3.8) is 0 Å². The maximum atomic E-state index is 11.5. The van der Waals surface area contributed by atoms with E-state index in [-0.39, 0.29) is 0 Å². The molecule has 0 saturated carbocycles. The Bertz CT molecular complexity index is 933. The number of piperidine rings is 1. The van der Waals surface area contributed by atoms with Gasteiger partial charge in [0.25, 0.3) is 0 Å². The molecule has 5 nitrogen and oxygen atoms in total. The van der Waals surface area contributed by atoms with Crippen LogP contribution in [0.1, 0.15) is 36.0 Å². The number of carboxylic acid groups (broad SMARTS) is 1. The number of carboxylic acids is 1. The molecule has 1 N–H and O–H groups in total. The summed E-state index contributed by atoms with van der Waals surface area (Å²) in [6.07, 6.45) is 4.81. The molecule has 5 rings (SSSR count). The van der Waals surface area contributed by atoms with Crippen molar-refractivity contribution in [3.05, 3.63) is 42.0 Å². The van der Waals surface area contributed by atoms with Crippen molar-refractivity contribution in [1.82, 2.24) is 4.90 Å². The Balaban J connectivity index is 1.63. The van der Waals surface area contributed by atoms with Gasteiger partial charge in [-0.1, -0.05) is 17.8 Å². The highest BCUT2D eigenvalue weighted by Crippen LogP contribution is 2.54. The molecule has 2 atom stereocenters. The van der Waals surface area contributed by atoms with Gasteiger partial charge in [0.1, 0.15) is 5.75 Å². The number of hydrogen-bond donors (Lipinski definition) is 1. The number of carbonyl (C=O) groups is 1. The van der Waals surface area contributed by atoms with Crippen LogP contribution in [0.3, 0.4) is 0 Å². The number of methoxy groups -OCH3 is 1. The first-order valence-corrected chi connectivity index (χ1v) is 10.6. The number of benzene rings is 2. The van der Waals surface area contributed by atoms with Crippen molar-refractivity contribution < 1.29 is 14.6 Å². The van der Waals surface area contributed by atoms with Gasteiger partial charge in [0.15, 0.2) is 0 Å². The van der Waals surface area contributed by atoms with Crippen LogP contribution in [0.2, 0.25) is 0 Å². The molecule has 146 valence electrons. The number of ether oxygens (including phenoxy) is 1. The molecule has 3 heterocycles. The van der Waals surface area contributed by atoms with E-state index in [1.165, 1.54) is 18.5 Å². The van der Waals surface area contributed by atoms with Gasteiger partial charge in [0.2, 0.25) is 0 Å². The zero-order valence-corrected chi connectivity index (χ0v) is 16.9. The monoisotopic (exact) mass is 396 g/mol. The van der Waals surface area contributed by atoms with Gasteiger partial charge in [-0.3, -0.25) is 0 Å². The minimum absolute atomic E-state index is 0.327. The first-order valence-electron chi connectivity index (χ1n) is 9.80. The SMILES string of the molecule is COc1cccc2c1Sc1cc(C(=O)O)ccc1N2C1CC2CCC(C1)N2C. The predicted molar refractivity (Wildman–Crippen MR) is 110 cm³/mol. The highest BCUT2D eigenvalue weighted by molar-refractivity contribution is 7.99. The summed E-state index contributed by atoms with van der Waals surface area (Å²) in [5.74, 6) is -0.0483. The summed E-state index contributed by atoms with van der Waals surface area (Å²) in [6, 6.07) is 13.4. The van der Waals surface area contributed by atoms with Gasteiger partial charge in [0.05, 0.1) is 28.9 Å². The van der Waals surface area contributed by atoms with Gasteiger partial charge >= 0.3 is 5.97 Å². The normalized spacial score (nSPS) is 25.9. The third-order valence-electron chi connectivity index (χ3n) is 6.55. The van der Waals surface area contributed by atoms with E-state index in [2.05, 4.69) is 22.9 Å². The topological polar surface area (TPSA) is 53.0 Å². The number of rotatable bonds is 3. The lowest BCUT2D eigenvalue weighted by Gasteiger charge is -2.45. The minimum atomic E-state index is -0.891. The molecule has 2 aromatic carbocycles. The fourth-order valence-electron chi connectivity index (χ4n) is 5.11. The van der Waals surface area contributed by atoms with Gasteiger partial charge in [-0.2, -0.15) is 0 Å². The Labute approximate surface area is 169 Å². The van der Waals surface area contributed by atoms with Crippen LogP contribution >= 0.6 is 11.8 Å². The predicted octanol–water partition coefficient (Wildman–Crippen LogP) is 4.62. The quantitative estimate of drug-likeness (QED) is 0.817. The maximum absolute atomic E-state index is 11.5. The molecule has 3 aliphatic heterocycles. The smallest absolute Gasteiger partial charge is 0.335 e. The number of fused-ring (bicyclic) bond motifs is 4. The van der Waals surface area contributed by atoms with E-state index in [0.29, 0.717) is 23.7 Å². The molecule has 2 bridgehead atoms. The highest BCUT2D eigenvalue weighted by Gasteiger charge is 2.42. The number of hydrogen-bond acceptors (Lipinski definition) is 5. The molecular weight excluding hydrogens is 372 g/mol. The third-order valence-corrected chi connectivity index (χ3v) is 7.72. The molecule has 2 fully saturated rings. The number of nitrogens with zero attached hydrogens (tertiary/aromatic N) is 2. The van der Waals surface area contributed by atoms with Crippen molar-refractivity contribution in [2.24, 2.45) is 0 Å². The largest absolute Gasteiger partial charge is 0.495 e. The van der Waals surface area contributed by atoms with Gasteiger partial charge in [-0.25, -0.2) is 4.79 Å². The van der Waals surface area contributed by atoms with Crippen LogP contribution in [0.5, 0.6) is 5.75 Å². The van der Waals surface area contributed by atoms with E-state index < -0.39 is 5.97 Å². The Morgan fingerprint density at radius 1 is 1.11 bits per heavy atom. The first kappa shape index (κ1) is 17.9.